The van der Waals surface area contributed by atoms with Gasteiger partial charge in [-0.15, -0.1) is 0 Å². The van der Waals surface area contributed by atoms with Gasteiger partial charge in [0.1, 0.15) is 0 Å². The Morgan fingerprint density at radius 3 is 2.64 bits per heavy atom. The molecule has 2 atom stereocenters. The first kappa shape index (κ1) is 9.82. The van der Waals surface area contributed by atoms with Gasteiger partial charge in [0.2, 0.25) is 0 Å². The zero-order valence-electron chi connectivity index (χ0n) is 9.37. The Bertz CT molecular complexity index is 275. The van der Waals surface area contributed by atoms with E-state index in [1.165, 1.54) is 32.1 Å². The normalized spacial score (nSPS) is 33.1. The third kappa shape index (κ3) is 1.60. The molecule has 78 valence electrons. The molecular weight excluding hydrogens is 170 g/mol. The van der Waals surface area contributed by atoms with Crippen molar-refractivity contribution < 1.29 is 0 Å². The van der Waals surface area contributed by atoms with Gasteiger partial charge in [0.05, 0.1) is 0 Å². The first-order valence-electron chi connectivity index (χ1n) is 5.90. The molecule has 0 spiro atoms. The van der Waals surface area contributed by atoms with E-state index in [0.29, 0.717) is 5.54 Å². The highest BCUT2D eigenvalue weighted by Crippen LogP contribution is 2.40. The van der Waals surface area contributed by atoms with Crippen molar-refractivity contribution in [3.05, 3.63) is 24.5 Å². The maximum Gasteiger partial charge on any atom is 0.0439 e. The van der Waals surface area contributed by atoms with Crippen molar-refractivity contribution in [2.24, 2.45) is 5.92 Å². The third-order valence-corrected chi connectivity index (χ3v) is 3.88. The molecule has 1 aromatic heterocycles. The Labute approximate surface area is 87.1 Å². The van der Waals surface area contributed by atoms with Crippen LogP contribution in [0.15, 0.2) is 24.5 Å². The van der Waals surface area contributed by atoms with Gasteiger partial charge in [-0.25, -0.2) is 0 Å². The highest BCUT2D eigenvalue weighted by Gasteiger charge is 2.33. The Hall–Kier alpha value is -0.720. The zero-order chi connectivity index (χ0) is 10.0. The molecule has 0 saturated heterocycles. The maximum atomic E-state index is 2.45. The number of nitrogens with zero attached hydrogens (tertiary/aromatic N) is 1. The van der Waals surface area contributed by atoms with E-state index >= 15 is 0 Å². The van der Waals surface area contributed by atoms with E-state index in [9.17, 15) is 0 Å². The summed E-state index contributed by atoms with van der Waals surface area (Å²) in [6, 6.07) is 4.30. The second-order valence-corrected chi connectivity index (χ2v) is 4.87. The Balaban J connectivity index is 2.25. The molecule has 1 aromatic rings. The van der Waals surface area contributed by atoms with E-state index in [1.54, 1.807) is 0 Å². The highest BCUT2D eigenvalue weighted by molar-refractivity contribution is 5.00. The lowest BCUT2D eigenvalue weighted by Gasteiger charge is -2.41. The fraction of sp³-hybridized carbons (Fsp3) is 0.692. The van der Waals surface area contributed by atoms with E-state index in [1.807, 2.05) is 0 Å². The van der Waals surface area contributed by atoms with Gasteiger partial charge < -0.3 is 4.57 Å². The van der Waals surface area contributed by atoms with Crippen LogP contribution in [0.4, 0.5) is 0 Å². The lowest BCUT2D eigenvalue weighted by molar-refractivity contribution is 0.146. The fourth-order valence-corrected chi connectivity index (χ4v) is 3.02. The summed E-state index contributed by atoms with van der Waals surface area (Å²) in [7, 11) is 0. The van der Waals surface area contributed by atoms with Gasteiger partial charge in [0.25, 0.3) is 0 Å². The van der Waals surface area contributed by atoms with Crippen LogP contribution in [0, 0.1) is 5.92 Å². The third-order valence-electron chi connectivity index (χ3n) is 3.88. The molecule has 1 aliphatic rings. The van der Waals surface area contributed by atoms with E-state index in [-0.39, 0.29) is 0 Å². The second kappa shape index (κ2) is 3.80. The molecule has 14 heavy (non-hydrogen) atoms. The van der Waals surface area contributed by atoms with Gasteiger partial charge in [0.15, 0.2) is 0 Å². The van der Waals surface area contributed by atoms with Gasteiger partial charge in [-0.05, 0) is 37.3 Å². The van der Waals surface area contributed by atoms with E-state index in [2.05, 4.69) is 42.9 Å². The SMILES string of the molecule is CCC1(n2cccc2)CCCC(C)C1. The van der Waals surface area contributed by atoms with Crippen molar-refractivity contribution in [1.82, 2.24) is 4.57 Å². The quantitative estimate of drug-likeness (QED) is 0.670. The molecule has 1 nitrogen and oxygen atoms in total. The molecule has 0 amide bonds. The predicted molar refractivity (Wildman–Crippen MR) is 60.3 cm³/mol. The van der Waals surface area contributed by atoms with Gasteiger partial charge in [-0.1, -0.05) is 26.7 Å². The summed E-state index contributed by atoms with van der Waals surface area (Å²) in [5.74, 6) is 0.895. The smallest absolute Gasteiger partial charge is 0.0439 e. The molecular formula is C13H21N. The number of aromatic nitrogens is 1. The lowest BCUT2D eigenvalue weighted by Crippen LogP contribution is -2.36. The van der Waals surface area contributed by atoms with Gasteiger partial charge in [-0.2, -0.15) is 0 Å². The van der Waals surface area contributed by atoms with Crippen molar-refractivity contribution >= 4 is 0 Å². The Kier molecular flexibility index (Phi) is 2.66. The van der Waals surface area contributed by atoms with Crippen LogP contribution in [0.2, 0.25) is 0 Å². The summed E-state index contributed by atoms with van der Waals surface area (Å²) < 4.78 is 2.45. The van der Waals surface area contributed by atoms with Crippen LogP contribution >= 0.6 is 0 Å². The molecule has 0 bridgehead atoms. The van der Waals surface area contributed by atoms with Crippen LogP contribution in [0.1, 0.15) is 46.0 Å². The number of rotatable bonds is 2. The molecule has 1 heterocycles. The standard InChI is InChI=1S/C13H21N/c1-3-13(14-9-4-5-10-14)8-6-7-12(2)11-13/h4-5,9-10,12H,3,6-8,11H2,1-2H3. The first-order valence-corrected chi connectivity index (χ1v) is 5.90. The van der Waals surface area contributed by atoms with Crippen LogP contribution < -0.4 is 0 Å². The Morgan fingerprint density at radius 1 is 1.36 bits per heavy atom. The van der Waals surface area contributed by atoms with Crippen molar-refractivity contribution in [3.8, 4) is 0 Å². The molecule has 1 heteroatoms. The van der Waals surface area contributed by atoms with Gasteiger partial charge in [0, 0.05) is 17.9 Å². The molecule has 2 unspecified atom stereocenters. The number of hydrogen-bond acceptors (Lipinski definition) is 0. The molecule has 0 N–H and O–H groups in total. The van der Waals surface area contributed by atoms with Crippen molar-refractivity contribution in [3.63, 3.8) is 0 Å². The molecule has 0 aliphatic heterocycles. The van der Waals surface area contributed by atoms with Crippen LogP contribution in [-0.4, -0.2) is 4.57 Å². The Morgan fingerprint density at radius 2 is 2.07 bits per heavy atom. The van der Waals surface area contributed by atoms with Crippen LogP contribution in [0.5, 0.6) is 0 Å². The van der Waals surface area contributed by atoms with Crippen molar-refractivity contribution in [1.29, 1.82) is 0 Å². The molecule has 1 aliphatic carbocycles. The minimum Gasteiger partial charge on any atom is -0.348 e. The van der Waals surface area contributed by atoms with Crippen molar-refractivity contribution in [2.45, 2.75) is 51.5 Å². The lowest BCUT2D eigenvalue weighted by atomic mass is 9.74. The van der Waals surface area contributed by atoms with E-state index in [0.717, 1.165) is 5.92 Å². The minimum atomic E-state index is 0.432. The monoisotopic (exact) mass is 191 g/mol. The molecule has 0 aromatic carbocycles. The average molecular weight is 191 g/mol. The molecule has 1 fully saturated rings. The van der Waals surface area contributed by atoms with E-state index < -0.39 is 0 Å². The minimum absolute atomic E-state index is 0.432. The molecule has 1 saturated carbocycles. The molecule has 0 radical (unpaired) electrons. The number of hydrogen-bond donors (Lipinski definition) is 0. The summed E-state index contributed by atoms with van der Waals surface area (Å²) in [6.45, 7) is 4.73. The van der Waals surface area contributed by atoms with E-state index in [4.69, 9.17) is 0 Å². The summed E-state index contributed by atoms with van der Waals surface area (Å²) in [4.78, 5) is 0. The summed E-state index contributed by atoms with van der Waals surface area (Å²) in [5.41, 5.74) is 0.432. The topological polar surface area (TPSA) is 4.93 Å². The highest BCUT2D eigenvalue weighted by atomic mass is 15.0. The predicted octanol–water partition coefficient (Wildman–Crippen LogP) is 3.80. The maximum absolute atomic E-state index is 2.45. The molecule has 2 rings (SSSR count). The second-order valence-electron chi connectivity index (χ2n) is 4.87. The fourth-order valence-electron chi connectivity index (χ4n) is 3.02. The largest absolute Gasteiger partial charge is 0.348 e. The van der Waals surface area contributed by atoms with Crippen LogP contribution in [0.25, 0.3) is 0 Å². The zero-order valence-corrected chi connectivity index (χ0v) is 9.37. The summed E-state index contributed by atoms with van der Waals surface area (Å²) in [5, 5.41) is 0. The summed E-state index contributed by atoms with van der Waals surface area (Å²) >= 11 is 0. The van der Waals surface area contributed by atoms with Crippen molar-refractivity contribution in [2.75, 3.05) is 0 Å². The van der Waals surface area contributed by atoms with Gasteiger partial charge >= 0.3 is 0 Å². The average Bonchev–Trinajstić information content (AvgIpc) is 2.71. The van der Waals surface area contributed by atoms with Crippen LogP contribution in [0.3, 0.4) is 0 Å². The summed E-state index contributed by atoms with van der Waals surface area (Å²) in [6.07, 6.45) is 11.3. The first-order chi connectivity index (χ1) is 6.77. The van der Waals surface area contributed by atoms with Gasteiger partial charge in [-0.3, -0.25) is 0 Å². The van der Waals surface area contributed by atoms with Crippen LogP contribution in [-0.2, 0) is 5.54 Å².